The maximum absolute atomic E-state index is 13.3. The first-order valence-corrected chi connectivity index (χ1v) is 10.3. The Bertz CT molecular complexity index is 889. The maximum Gasteiger partial charge on any atom is 0.235 e. The van der Waals surface area contributed by atoms with Gasteiger partial charge in [0.05, 0.1) is 18.7 Å². The van der Waals surface area contributed by atoms with Gasteiger partial charge in [-0.2, -0.15) is 4.98 Å². The van der Waals surface area contributed by atoms with Crippen LogP contribution in [-0.4, -0.2) is 50.2 Å². The van der Waals surface area contributed by atoms with Gasteiger partial charge >= 0.3 is 0 Å². The van der Waals surface area contributed by atoms with Crippen molar-refractivity contribution in [3.8, 4) is 5.75 Å². The van der Waals surface area contributed by atoms with Gasteiger partial charge in [-0.05, 0) is 38.2 Å². The average molecular weight is 396 g/mol. The fourth-order valence-corrected chi connectivity index (χ4v) is 4.06. The van der Waals surface area contributed by atoms with E-state index in [2.05, 4.69) is 15.2 Å². The maximum atomic E-state index is 13.3. The highest BCUT2D eigenvalue weighted by Gasteiger charge is 2.53. The van der Waals surface area contributed by atoms with Crippen LogP contribution in [0.2, 0.25) is 0 Å². The summed E-state index contributed by atoms with van der Waals surface area (Å²) in [7, 11) is 5.51. The number of rotatable bonds is 6. The monoisotopic (exact) mass is 395 g/mol. The summed E-state index contributed by atoms with van der Waals surface area (Å²) in [6.07, 6.45) is 6.95. The second kappa shape index (κ2) is 7.89. The molecule has 1 saturated heterocycles. The van der Waals surface area contributed by atoms with Crippen LogP contribution in [0.1, 0.15) is 37.7 Å². The van der Waals surface area contributed by atoms with Gasteiger partial charge < -0.3 is 19.9 Å². The highest BCUT2D eigenvalue weighted by atomic mass is 16.5. The van der Waals surface area contributed by atoms with E-state index in [0.29, 0.717) is 5.69 Å². The number of aromatic nitrogens is 2. The van der Waals surface area contributed by atoms with Gasteiger partial charge in [0.15, 0.2) is 5.82 Å². The number of nitrogens with zero attached hydrogens (tertiary/aromatic N) is 4. The molecule has 154 valence electrons. The van der Waals surface area contributed by atoms with Crippen LogP contribution in [0, 0.1) is 0 Å². The molecule has 0 unspecified atom stereocenters. The third-order valence-corrected chi connectivity index (χ3v) is 5.87. The van der Waals surface area contributed by atoms with Crippen LogP contribution in [0.5, 0.6) is 5.75 Å². The zero-order valence-electron chi connectivity index (χ0n) is 17.4. The molecule has 0 bridgehead atoms. The van der Waals surface area contributed by atoms with Crippen molar-refractivity contribution in [1.82, 2.24) is 9.97 Å². The summed E-state index contributed by atoms with van der Waals surface area (Å²) in [5.41, 5.74) is 1.04. The Balaban J connectivity index is 1.59. The number of hydrogen-bond donors (Lipinski definition) is 1. The molecule has 1 amide bonds. The molecule has 7 nitrogen and oxygen atoms in total. The molecular formula is C22H29N5O2. The molecule has 2 heterocycles. The second-order valence-electron chi connectivity index (χ2n) is 8.09. The van der Waals surface area contributed by atoms with Crippen LogP contribution in [-0.2, 0) is 10.2 Å². The largest absolute Gasteiger partial charge is 0.496 e. The Labute approximate surface area is 172 Å². The molecule has 1 aromatic carbocycles. The molecular weight excluding hydrogens is 366 g/mol. The molecule has 2 aliphatic rings. The number of hydrogen-bond acceptors (Lipinski definition) is 6. The first kappa shape index (κ1) is 19.5. The summed E-state index contributed by atoms with van der Waals surface area (Å²) in [6.45, 7) is 1.96. The zero-order valence-corrected chi connectivity index (χ0v) is 17.4. The molecule has 0 atom stereocenters. The summed E-state index contributed by atoms with van der Waals surface area (Å²) in [6, 6.07) is 7.76. The molecule has 1 aliphatic carbocycles. The summed E-state index contributed by atoms with van der Waals surface area (Å²) in [5.74, 6) is 2.19. The van der Waals surface area contributed by atoms with E-state index >= 15 is 0 Å². The summed E-state index contributed by atoms with van der Waals surface area (Å²) in [5, 5.41) is 3.09. The van der Waals surface area contributed by atoms with Crippen LogP contribution in [0.4, 0.5) is 17.5 Å². The Morgan fingerprint density at radius 1 is 1.17 bits per heavy atom. The Kier molecular flexibility index (Phi) is 5.30. The molecule has 2 fully saturated rings. The molecule has 4 rings (SSSR count). The van der Waals surface area contributed by atoms with E-state index in [9.17, 15) is 4.79 Å². The average Bonchev–Trinajstić information content (AvgIpc) is 3.56. The number of para-hydroxylation sites is 1. The van der Waals surface area contributed by atoms with Gasteiger partial charge in [0.25, 0.3) is 0 Å². The van der Waals surface area contributed by atoms with Crippen LogP contribution < -0.4 is 19.9 Å². The highest BCUT2D eigenvalue weighted by Crippen LogP contribution is 2.52. The van der Waals surface area contributed by atoms with Gasteiger partial charge in [-0.15, -0.1) is 0 Å². The zero-order chi connectivity index (χ0) is 20.4. The number of anilines is 3. The third-order valence-electron chi connectivity index (χ3n) is 5.87. The van der Waals surface area contributed by atoms with E-state index in [0.717, 1.165) is 49.0 Å². The smallest absolute Gasteiger partial charge is 0.235 e. The Morgan fingerprint density at radius 2 is 1.90 bits per heavy atom. The van der Waals surface area contributed by atoms with Crippen molar-refractivity contribution in [1.29, 1.82) is 0 Å². The molecule has 1 N–H and O–H groups in total. The number of amides is 1. The van der Waals surface area contributed by atoms with E-state index in [1.165, 1.54) is 19.3 Å². The number of ether oxygens (including phenoxy) is 1. The standard InChI is InChI=1S/C22H29N5O2/c1-26(2)19-17(15-23-21(25-19)27-13-7-4-8-14-27)24-20(28)22(11-12-22)16-9-5-6-10-18(16)29-3/h5-6,9-10,15H,4,7-8,11-14H2,1-3H3,(H,24,28). The summed E-state index contributed by atoms with van der Waals surface area (Å²) < 4.78 is 5.50. The van der Waals surface area contributed by atoms with Crippen LogP contribution >= 0.6 is 0 Å². The van der Waals surface area contributed by atoms with Crippen molar-refractivity contribution in [2.45, 2.75) is 37.5 Å². The lowest BCUT2D eigenvalue weighted by Crippen LogP contribution is -2.32. The molecule has 0 spiro atoms. The lowest BCUT2D eigenvalue weighted by atomic mass is 9.94. The number of carbonyl (C=O) groups excluding carboxylic acids is 1. The number of methoxy groups -OCH3 is 1. The SMILES string of the molecule is COc1ccccc1C1(C(=O)Nc2cnc(N3CCCCC3)nc2N(C)C)CC1. The van der Waals surface area contributed by atoms with E-state index in [4.69, 9.17) is 9.72 Å². The normalized spacial score (nSPS) is 17.6. The predicted octanol–water partition coefficient (Wildman–Crippen LogP) is 3.21. The van der Waals surface area contributed by atoms with Crippen molar-refractivity contribution in [3.05, 3.63) is 36.0 Å². The van der Waals surface area contributed by atoms with Gasteiger partial charge in [-0.3, -0.25) is 4.79 Å². The molecule has 2 aromatic rings. The number of benzene rings is 1. The molecule has 0 radical (unpaired) electrons. The first-order chi connectivity index (χ1) is 14.0. The molecule has 7 heteroatoms. The number of piperidine rings is 1. The van der Waals surface area contributed by atoms with Crippen LogP contribution in [0.15, 0.2) is 30.5 Å². The topological polar surface area (TPSA) is 70.6 Å². The van der Waals surface area contributed by atoms with E-state index in [-0.39, 0.29) is 5.91 Å². The molecule has 1 aliphatic heterocycles. The van der Waals surface area contributed by atoms with Gasteiger partial charge in [0.2, 0.25) is 11.9 Å². The van der Waals surface area contributed by atoms with Crippen LogP contribution in [0.25, 0.3) is 0 Å². The van der Waals surface area contributed by atoms with E-state index in [1.54, 1.807) is 13.3 Å². The number of carbonyl (C=O) groups is 1. The van der Waals surface area contributed by atoms with Crippen LogP contribution in [0.3, 0.4) is 0 Å². The van der Waals surface area contributed by atoms with Gasteiger partial charge in [-0.1, -0.05) is 18.2 Å². The van der Waals surface area contributed by atoms with Crippen molar-refractivity contribution < 1.29 is 9.53 Å². The van der Waals surface area contributed by atoms with E-state index in [1.807, 2.05) is 43.3 Å². The summed E-state index contributed by atoms with van der Waals surface area (Å²) in [4.78, 5) is 26.7. The van der Waals surface area contributed by atoms with E-state index < -0.39 is 5.41 Å². The minimum absolute atomic E-state index is 0.0283. The van der Waals surface area contributed by atoms with Gasteiger partial charge in [0, 0.05) is 32.7 Å². The molecule has 29 heavy (non-hydrogen) atoms. The van der Waals surface area contributed by atoms with Gasteiger partial charge in [0.1, 0.15) is 11.4 Å². The third kappa shape index (κ3) is 3.73. The minimum Gasteiger partial charge on any atom is -0.496 e. The fourth-order valence-electron chi connectivity index (χ4n) is 4.06. The number of nitrogens with one attached hydrogen (secondary N) is 1. The lowest BCUT2D eigenvalue weighted by molar-refractivity contribution is -0.118. The van der Waals surface area contributed by atoms with Crippen molar-refractivity contribution in [2.24, 2.45) is 0 Å². The first-order valence-electron chi connectivity index (χ1n) is 10.3. The minimum atomic E-state index is -0.540. The summed E-state index contributed by atoms with van der Waals surface area (Å²) >= 11 is 0. The quantitative estimate of drug-likeness (QED) is 0.810. The Hall–Kier alpha value is -2.83. The van der Waals surface area contributed by atoms with Crippen molar-refractivity contribution in [2.75, 3.05) is 49.4 Å². The van der Waals surface area contributed by atoms with Crippen molar-refractivity contribution in [3.63, 3.8) is 0 Å². The molecule has 1 saturated carbocycles. The van der Waals surface area contributed by atoms with Gasteiger partial charge in [-0.25, -0.2) is 4.98 Å². The lowest BCUT2D eigenvalue weighted by Gasteiger charge is -2.28. The second-order valence-corrected chi connectivity index (χ2v) is 8.09. The highest BCUT2D eigenvalue weighted by molar-refractivity contribution is 6.03. The van der Waals surface area contributed by atoms with Crippen molar-refractivity contribution >= 4 is 23.4 Å². The fraction of sp³-hybridized carbons (Fsp3) is 0.500. The molecule has 1 aromatic heterocycles. The Morgan fingerprint density at radius 3 is 2.55 bits per heavy atom. The predicted molar refractivity (Wildman–Crippen MR) is 115 cm³/mol.